The first-order valence-corrected chi connectivity index (χ1v) is 3.15. The highest BCUT2D eigenvalue weighted by Gasteiger charge is 2.16. The zero-order valence-electron chi connectivity index (χ0n) is 6.56. The van der Waals surface area contributed by atoms with Crippen molar-refractivity contribution in [3.63, 3.8) is 0 Å². The van der Waals surface area contributed by atoms with Gasteiger partial charge in [0.15, 0.2) is 0 Å². The highest BCUT2D eigenvalue weighted by Crippen LogP contribution is 2.04. The topological polar surface area (TPSA) is 74.6 Å². The van der Waals surface area contributed by atoms with Crippen molar-refractivity contribution in [1.29, 1.82) is 0 Å². The molecule has 4 nitrogen and oxygen atoms in total. The second kappa shape index (κ2) is 6.67. The van der Waals surface area contributed by atoms with Crippen LogP contribution in [0.3, 0.4) is 0 Å². The molecule has 0 saturated carbocycles. The Bertz CT molecular complexity index is 188. The van der Waals surface area contributed by atoms with Gasteiger partial charge in [-0.2, -0.15) is 0 Å². The Morgan fingerprint density at radius 2 is 1.92 bits per heavy atom. The molecule has 0 fully saturated rings. The third-order valence-electron chi connectivity index (χ3n) is 1.14. The van der Waals surface area contributed by atoms with Crippen molar-refractivity contribution in [3.8, 4) is 0 Å². The molecule has 0 aliphatic carbocycles. The average Bonchev–Trinajstić information content (AvgIpc) is 1.86. The van der Waals surface area contributed by atoms with Gasteiger partial charge in [0.1, 0.15) is 0 Å². The number of hydrogen-bond acceptors (Lipinski definition) is 2. The zero-order chi connectivity index (χ0) is 8.85. The molecule has 12 heavy (non-hydrogen) atoms. The maximum absolute atomic E-state index is 10.3. The van der Waals surface area contributed by atoms with Crippen LogP contribution in [0.5, 0.6) is 0 Å². The summed E-state index contributed by atoms with van der Waals surface area (Å²) in [5.41, 5.74) is 0. The minimum Gasteiger partial charge on any atom is -0.481 e. The highest BCUT2D eigenvalue weighted by atomic mass is 35.5. The van der Waals surface area contributed by atoms with Crippen molar-refractivity contribution in [2.45, 2.75) is 13.3 Å². The van der Waals surface area contributed by atoms with Gasteiger partial charge in [0.25, 0.3) is 0 Å². The normalized spacial score (nSPS) is 12.1. The minimum absolute atomic E-state index is 0. The van der Waals surface area contributed by atoms with Gasteiger partial charge in [0.05, 0.1) is 12.3 Å². The van der Waals surface area contributed by atoms with E-state index in [2.05, 4.69) is 0 Å². The molecule has 0 aliphatic heterocycles. The first-order chi connectivity index (χ1) is 5.07. The lowest BCUT2D eigenvalue weighted by molar-refractivity contribution is -0.146. The van der Waals surface area contributed by atoms with Crippen molar-refractivity contribution >= 4 is 24.3 Å². The van der Waals surface area contributed by atoms with E-state index in [1.54, 1.807) is 6.92 Å². The largest absolute Gasteiger partial charge is 0.481 e. The van der Waals surface area contributed by atoms with Gasteiger partial charge in [0.2, 0.25) is 0 Å². The molecule has 5 heteroatoms. The number of halogens is 1. The van der Waals surface area contributed by atoms with Gasteiger partial charge < -0.3 is 10.2 Å². The summed E-state index contributed by atoms with van der Waals surface area (Å²) in [6.45, 7) is 1.65. The number of aliphatic carboxylic acids is 2. The fourth-order valence-electron chi connectivity index (χ4n) is 0.658. The lowest BCUT2D eigenvalue weighted by Crippen LogP contribution is -2.15. The van der Waals surface area contributed by atoms with Crippen molar-refractivity contribution in [2.24, 2.45) is 5.92 Å². The van der Waals surface area contributed by atoms with E-state index < -0.39 is 17.9 Å². The molecule has 0 aromatic rings. The Morgan fingerprint density at radius 1 is 1.42 bits per heavy atom. The third kappa shape index (κ3) is 5.73. The van der Waals surface area contributed by atoms with Crippen LogP contribution in [0.15, 0.2) is 12.2 Å². The predicted octanol–water partition coefficient (Wildman–Crippen LogP) is 1.16. The second-order valence-electron chi connectivity index (χ2n) is 2.07. The van der Waals surface area contributed by atoms with E-state index in [4.69, 9.17) is 10.2 Å². The van der Waals surface area contributed by atoms with E-state index in [1.807, 2.05) is 0 Å². The zero-order valence-corrected chi connectivity index (χ0v) is 7.37. The van der Waals surface area contributed by atoms with Crippen LogP contribution in [0.25, 0.3) is 0 Å². The average molecular weight is 195 g/mol. The van der Waals surface area contributed by atoms with Gasteiger partial charge >= 0.3 is 11.9 Å². The molecule has 70 valence electrons. The monoisotopic (exact) mass is 194 g/mol. The lowest BCUT2D eigenvalue weighted by Gasteiger charge is -2.01. The number of carboxylic acids is 2. The van der Waals surface area contributed by atoms with Crippen molar-refractivity contribution in [2.75, 3.05) is 0 Å². The molecule has 0 amide bonds. The van der Waals surface area contributed by atoms with Crippen molar-refractivity contribution in [1.82, 2.24) is 0 Å². The van der Waals surface area contributed by atoms with E-state index in [9.17, 15) is 9.59 Å². The molecule has 0 saturated heterocycles. The van der Waals surface area contributed by atoms with Crippen LogP contribution in [0.4, 0.5) is 0 Å². The fraction of sp³-hybridized carbons (Fsp3) is 0.429. The molecule has 0 aromatic carbocycles. The molecule has 0 aromatic heterocycles. The van der Waals surface area contributed by atoms with Gasteiger partial charge in [0, 0.05) is 0 Å². The molecule has 0 radical (unpaired) electrons. The SMILES string of the molecule is CC=CC(CC(=O)O)C(=O)O.Cl. The summed E-state index contributed by atoms with van der Waals surface area (Å²) >= 11 is 0. The maximum atomic E-state index is 10.3. The van der Waals surface area contributed by atoms with Crippen molar-refractivity contribution in [3.05, 3.63) is 12.2 Å². The molecule has 0 aliphatic rings. The summed E-state index contributed by atoms with van der Waals surface area (Å²) < 4.78 is 0. The smallest absolute Gasteiger partial charge is 0.310 e. The Hall–Kier alpha value is -1.03. The third-order valence-corrected chi connectivity index (χ3v) is 1.14. The maximum Gasteiger partial charge on any atom is 0.310 e. The molecule has 0 heterocycles. The molecule has 2 N–H and O–H groups in total. The summed E-state index contributed by atoms with van der Waals surface area (Å²) in [6, 6.07) is 0. The quantitative estimate of drug-likeness (QED) is 0.659. The van der Waals surface area contributed by atoms with E-state index in [1.165, 1.54) is 12.2 Å². The van der Waals surface area contributed by atoms with E-state index in [0.29, 0.717) is 0 Å². The number of carboxylic acid groups (broad SMARTS) is 2. The van der Waals surface area contributed by atoms with Crippen LogP contribution in [-0.2, 0) is 9.59 Å². The first-order valence-electron chi connectivity index (χ1n) is 3.15. The molecular weight excluding hydrogens is 184 g/mol. The van der Waals surface area contributed by atoms with Crippen LogP contribution < -0.4 is 0 Å². The van der Waals surface area contributed by atoms with E-state index in [0.717, 1.165) is 0 Å². The van der Waals surface area contributed by atoms with Crippen LogP contribution in [0, 0.1) is 5.92 Å². The van der Waals surface area contributed by atoms with E-state index in [-0.39, 0.29) is 18.8 Å². The summed E-state index contributed by atoms with van der Waals surface area (Å²) in [5.74, 6) is -3.11. The number of allylic oxidation sites excluding steroid dienone is 1. The van der Waals surface area contributed by atoms with Crippen LogP contribution in [0.1, 0.15) is 13.3 Å². The van der Waals surface area contributed by atoms with Crippen molar-refractivity contribution < 1.29 is 19.8 Å². The predicted molar refractivity (Wildman–Crippen MR) is 45.4 cm³/mol. The Balaban J connectivity index is 0. The van der Waals surface area contributed by atoms with Gasteiger partial charge in [-0.25, -0.2) is 0 Å². The lowest BCUT2D eigenvalue weighted by atomic mass is 10.1. The van der Waals surface area contributed by atoms with Gasteiger partial charge in [-0.05, 0) is 6.92 Å². The standard InChI is InChI=1S/C7H10O4.ClH/c1-2-3-5(7(10)11)4-6(8)9;/h2-3,5H,4H2,1H3,(H,8,9)(H,10,11);1H. The number of rotatable bonds is 4. The molecule has 0 rings (SSSR count). The second-order valence-corrected chi connectivity index (χ2v) is 2.07. The molecule has 1 atom stereocenters. The Morgan fingerprint density at radius 3 is 2.17 bits per heavy atom. The minimum atomic E-state index is -1.11. The summed E-state index contributed by atoms with van der Waals surface area (Å²) in [4.78, 5) is 20.4. The summed E-state index contributed by atoms with van der Waals surface area (Å²) in [5, 5.41) is 16.7. The van der Waals surface area contributed by atoms with Crippen LogP contribution in [0.2, 0.25) is 0 Å². The molecule has 1 unspecified atom stereocenters. The summed E-state index contributed by atoms with van der Waals surface area (Å²) in [6.07, 6.45) is 2.53. The summed E-state index contributed by atoms with van der Waals surface area (Å²) in [7, 11) is 0. The molecule has 0 spiro atoms. The Kier molecular flexibility index (Phi) is 7.53. The molecular formula is C7H11ClO4. The number of hydrogen-bond donors (Lipinski definition) is 2. The van der Waals surface area contributed by atoms with Gasteiger partial charge in [-0.1, -0.05) is 12.2 Å². The highest BCUT2D eigenvalue weighted by molar-refractivity contribution is 5.85. The van der Waals surface area contributed by atoms with Crippen LogP contribution in [-0.4, -0.2) is 22.2 Å². The Labute approximate surface area is 76.3 Å². The first kappa shape index (κ1) is 13.6. The van der Waals surface area contributed by atoms with Gasteiger partial charge in [-0.3, -0.25) is 9.59 Å². The number of carbonyl (C=O) groups is 2. The molecule has 0 bridgehead atoms. The van der Waals surface area contributed by atoms with E-state index >= 15 is 0 Å². The van der Waals surface area contributed by atoms with Crippen LogP contribution >= 0.6 is 12.4 Å². The fourth-order valence-corrected chi connectivity index (χ4v) is 0.658. The van der Waals surface area contributed by atoms with Gasteiger partial charge in [-0.15, -0.1) is 12.4 Å².